The summed E-state index contributed by atoms with van der Waals surface area (Å²) in [5, 5.41) is 99.3. The zero-order chi connectivity index (χ0) is 25.3. The van der Waals surface area contributed by atoms with Gasteiger partial charge in [0.1, 0.15) is 73.2 Å². The van der Waals surface area contributed by atoms with E-state index in [1.165, 1.54) is 6.92 Å². The number of ether oxygens (including phenoxy) is 5. The van der Waals surface area contributed by atoms with Crippen molar-refractivity contribution >= 4 is 0 Å². The molecular formula is C19H34O15. The summed E-state index contributed by atoms with van der Waals surface area (Å²) in [5.41, 5.74) is 0. The Morgan fingerprint density at radius 1 is 0.500 bits per heavy atom. The van der Waals surface area contributed by atoms with Gasteiger partial charge in [-0.3, -0.25) is 0 Å². The molecule has 0 aromatic rings. The molecule has 15 heteroatoms. The van der Waals surface area contributed by atoms with Crippen LogP contribution in [-0.4, -0.2) is 163 Å². The normalized spacial score (nSPS) is 52.5. The van der Waals surface area contributed by atoms with Crippen molar-refractivity contribution in [3.63, 3.8) is 0 Å². The Balaban J connectivity index is 1.58. The molecule has 10 N–H and O–H groups in total. The number of hydrogen-bond donors (Lipinski definition) is 10. The lowest BCUT2D eigenvalue weighted by atomic mass is 9.96. The first kappa shape index (κ1) is 28.0. The van der Waals surface area contributed by atoms with Crippen molar-refractivity contribution in [2.24, 2.45) is 0 Å². The second-order valence-electron chi connectivity index (χ2n) is 8.73. The van der Waals surface area contributed by atoms with E-state index in [4.69, 9.17) is 23.7 Å². The maximum atomic E-state index is 10.2. The summed E-state index contributed by atoms with van der Waals surface area (Å²) in [6, 6.07) is 0. The Morgan fingerprint density at radius 3 is 1.35 bits per heavy atom. The lowest BCUT2D eigenvalue weighted by Gasteiger charge is -2.43. The van der Waals surface area contributed by atoms with E-state index in [9.17, 15) is 51.1 Å². The van der Waals surface area contributed by atoms with Gasteiger partial charge in [0.25, 0.3) is 0 Å². The summed E-state index contributed by atoms with van der Waals surface area (Å²) < 4.78 is 26.8. The molecule has 3 aliphatic rings. The number of aliphatic hydroxyl groups excluding tert-OH is 10. The van der Waals surface area contributed by atoms with E-state index in [2.05, 4.69) is 0 Å². The third kappa shape index (κ3) is 5.69. The average Bonchev–Trinajstić information content (AvgIpc) is 2.82. The number of hydrogen-bond acceptors (Lipinski definition) is 15. The Labute approximate surface area is 194 Å². The van der Waals surface area contributed by atoms with E-state index in [1.807, 2.05) is 0 Å². The third-order valence-electron chi connectivity index (χ3n) is 6.32. The van der Waals surface area contributed by atoms with Crippen molar-refractivity contribution < 1.29 is 74.7 Å². The Bertz CT molecular complexity index is 639. The fourth-order valence-electron chi connectivity index (χ4n) is 4.05. The molecule has 200 valence electrons. The highest BCUT2D eigenvalue weighted by molar-refractivity contribution is 4.93. The van der Waals surface area contributed by atoms with Crippen molar-refractivity contribution in [2.45, 2.75) is 98.9 Å². The zero-order valence-corrected chi connectivity index (χ0v) is 18.3. The van der Waals surface area contributed by atoms with Gasteiger partial charge in [0.15, 0.2) is 12.6 Å². The van der Waals surface area contributed by atoms with Crippen LogP contribution in [0.15, 0.2) is 0 Å². The van der Waals surface area contributed by atoms with Gasteiger partial charge in [-0.25, -0.2) is 0 Å². The maximum Gasteiger partial charge on any atom is 0.186 e. The fraction of sp³-hybridized carbons (Fsp3) is 1.00. The molecule has 0 aromatic heterocycles. The van der Waals surface area contributed by atoms with Gasteiger partial charge < -0.3 is 74.7 Å². The average molecular weight is 502 g/mol. The van der Waals surface area contributed by atoms with E-state index in [0.29, 0.717) is 0 Å². The minimum absolute atomic E-state index is 0.417. The van der Waals surface area contributed by atoms with Gasteiger partial charge in [-0.05, 0) is 6.92 Å². The van der Waals surface area contributed by atoms with E-state index < -0.39 is 112 Å². The van der Waals surface area contributed by atoms with E-state index >= 15 is 0 Å². The number of aliphatic hydroxyl groups is 10. The highest BCUT2D eigenvalue weighted by Crippen LogP contribution is 2.27. The van der Waals surface area contributed by atoms with Crippen molar-refractivity contribution in [1.29, 1.82) is 0 Å². The highest BCUT2D eigenvalue weighted by Gasteiger charge is 2.48. The molecule has 0 spiro atoms. The van der Waals surface area contributed by atoms with Gasteiger partial charge >= 0.3 is 0 Å². The lowest BCUT2D eigenvalue weighted by molar-refractivity contribution is -0.335. The van der Waals surface area contributed by atoms with Gasteiger partial charge in [0.05, 0.1) is 25.9 Å². The van der Waals surface area contributed by atoms with Crippen molar-refractivity contribution in [2.75, 3.05) is 19.8 Å². The summed E-state index contributed by atoms with van der Waals surface area (Å²) in [7, 11) is 0. The molecule has 3 fully saturated rings. The summed E-state index contributed by atoms with van der Waals surface area (Å²) in [4.78, 5) is 0. The molecule has 0 saturated carbocycles. The van der Waals surface area contributed by atoms with Crippen LogP contribution in [0.1, 0.15) is 6.92 Å². The topological polar surface area (TPSA) is 248 Å². The number of rotatable bonds is 7. The molecule has 3 aliphatic heterocycles. The molecule has 3 heterocycles. The molecular weight excluding hydrogens is 468 g/mol. The predicted octanol–water partition coefficient (Wildman–Crippen LogP) is -6.50. The monoisotopic (exact) mass is 502 g/mol. The van der Waals surface area contributed by atoms with Gasteiger partial charge in [0, 0.05) is 0 Å². The van der Waals surface area contributed by atoms with Crippen LogP contribution in [0.3, 0.4) is 0 Å². The largest absolute Gasteiger partial charge is 0.394 e. The second kappa shape index (κ2) is 11.6. The summed E-state index contributed by atoms with van der Waals surface area (Å²) >= 11 is 0. The molecule has 3 saturated heterocycles. The molecule has 15 atom stereocenters. The van der Waals surface area contributed by atoms with Gasteiger partial charge in [-0.1, -0.05) is 0 Å². The fourth-order valence-corrected chi connectivity index (χ4v) is 4.05. The molecule has 3 rings (SSSR count). The van der Waals surface area contributed by atoms with E-state index in [-0.39, 0.29) is 0 Å². The van der Waals surface area contributed by atoms with Crippen molar-refractivity contribution in [1.82, 2.24) is 0 Å². The van der Waals surface area contributed by atoms with Crippen LogP contribution in [0.4, 0.5) is 0 Å². The smallest absolute Gasteiger partial charge is 0.186 e. The Morgan fingerprint density at radius 2 is 0.882 bits per heavy atom. The molecule has 0 aliphatic carbocycles. The second-order valence-corrected chi connectivity index (χ2v) is 8.73. The van der Waals surface area contributed by atoms with E-state index in [0.717, 1.165) is 0 Å². The predicted molar refractivity (Wildman–Crippen MR) is 105 cm³/mol. The van der Waals surface area contributed by atoms with Crippen LogP contribution in [0, 0.1) is 0 Å². The van der Waals surface area contributed by atoms with Crippen LogP contribution in [0.25, 0.3) is 0 Å². The van der Waals surface area contributed by atoms with Crippen LogP contribution in [-0.2, 0) is 23.7 Å². The Kier molecular flexibility index (Phi) is 9.57. The van der Waals surface area contributed by atoms with Gasteiger partial charge in [-0.15, -0.1) is 0 Å². The van der Waals surface area contributed by atoms with Crippen LogP contribution < -0.4 is 0 Å². The SMILES string of the molecule is C[C@H]1O[C@H](CO[C@H]2O[C@H](CO[C@H]3O[C@H](CO)[C@@H](O)[C@H](O)[C@H]3O)[C@@H](O)[C@H](O)[C@H]2O)[C@@H](O)[C@H](O)[C@H]1O. The first-order valence-electron chi connectivity index (χ1n) is 10.9. The zero-order valence-electron chi connectivity index (χ0n) is 18.3. The van der Waals surface area contributed by atoms with Gasteiger partial charge in [0.2, 0.25) is 0 Å². The molecule has 0 bridgehead atoms. The van der Waals surface area contributed by atoms with Crippen LogP contribution >= 0.6 is 0 Å². The Hall–Kier alpha value is -0.600. The summed E-state index contributed by atoms with van der Waals surface area (Å²) in [6.07, 6.45) is -21.9. The maximum absolute atomic E-state index is 10.2. The molecule has 0 amide bonds. The van der Waals surface area contributed by atoms with Crippen LogP contribution in [0.2, 0.25) is 0 Å². The van der Waals surface area contributed by atoms with Crippen LogP contribution in [0.5, 0.6) is 0 Å². The molecule has 0 unspecified atom stereocenters. The van der Waals surface area contributed by atoms with Gasteiger partial charge in [-0.2, -0.15) is 0 Å². The minimum atomic E-state index is -1.74. The lowest BCUT2D eigenvalue weighted by Crippen LogP contribution is -2.62. The quantitative estimate of drug-likeness (QED) is 0.155. The molecule has 15 nitrogen and oxygen atoms in total. The first-order valence-corrected chi connectivity index (χ1v) is 10.9. The first-order chi connectivity index (χ1) is 16.0. The van der Waals surface area contributed by atoms with E-state index in [1.54, 1.807) is 0 Å². The minimum Gasteiger partial charge on any atom is -0.394 e. The third-order valence-corrected chi connectivity index (χ3v) is 6.32. The molecule has 0 aromatic carbocycles. The standard InChI is InChI=1S/C19H34O15/c1-5-9(21)13(25)11(23)7(32-5)3-30-19-17(29)15(27)12(24)8(34-19)4-31-18-16(28)14(26)10(22)6(2-20)33-18/h5-29H,2-4H2,1H3/t5-,6-,7-,8-,9+,10-,11-,12-,13-,14+,15+,16-,17-,18+,19+/m1/s1. The van der Waals surface area contributed by atoms with Crippen molar-refractivity contribution in [3.05, 3.63) is 0 Å². The molecule has 0 radical (unpaired) electrons. The summed E-state index contributed by atoms with van der Waals surface area (Å²) in [6.45, 7) is -0.142. The summed E-state index contributed by atoms with van der Waals surface area (Å²) in [5.74, 6) is 0. The van der Waals surface area contributed by atoms with Crippen molar-refractivity contribution in [3.8, 4) is 0 Å². The molecule has 34 heavy (non-hydrogen) atoms. The highest BCUT2D eigenvalue weighted by atomic mass is 16.7.